The molecule has 0 unspecified atom stereocenters. The number of nitrogens with one attached hydrogen (secondary N) is 2. The van der Waals surface area contributed by atoms with Crippen molar-refractivity contribution in [2.45, 2.75) is 24.9 Å². The summed E-state index contributed by atoms with van der Waals surface area (Å²) in [6.07, 6.45) is 6.59. The number of terminal acetylenes is 1. The molecule has 0 saturated carbocycles. The van der Waals surface area contributed by atoms with Gasteiger partial charge in [-0.3, -0.25) is 20.2 Å². The number of carbonyl (C=O) groups is 2. The third-order valence-corrected chi connectivity index (χ3v) is 2.29. The quantitative estimate of drug-likeness (QED) is 0.487. The molecule has 1 heterocycles. The van der Waals surface area contributed by atoms with Gasteiger partial charge in [0, 0.05) is 0 Å². The minimum atomic E-state index is -0.484. The van der Waals surface area contributed by atoms with Gasteiger partial charge in [-0.25, -0.2) is 0 Å². The van der Waals surface area contributed by atoms with Crippen LogP contribution in [0.1, 0.15) is 12.8 Å². The second kappa shape index (κ2) is 4.99. The Hall–Kier alpha value is -1.05. The standard InChI is InChI=1S/C9H11ClN2O2/c1-2-6-3-4-7(11-6)9(14)12-8(13)5-10/h1,6-7,11H,3-5H2,(H,12,13,14)/t6-,7-/m0/s1. The molecule has 0 bridgehead atoms. The lowest BCUT2D eigenvalue weighted by Gasteiger charge is -2.09. The predicted molar refractivity (Wildman–Crippen MR) is 52.6 cm³/mol. The zero-order valence-electron chi connectivity index (χ0n) is 7.55. The molecule has 2 amide bonds. The maximum absolute atomic E-state index is 11.4. The predicted octanol–water partition coefficient (Wildman–Crippen LogP) is -0.378. The summed E-state index contributed by atoms with van der Waals surface area (Å²) in [5.41, 5.74) is 0. The van der Waals surface area contributed by atoms with Crippen molar-refractivity contribution >= 4 is 23.4 Å². The molecule has 76 valence electrons. The van der Waals surface area contributed by atoms with Crippen LogP contribution in [0.5, 0.6) is 0 Å². The van der Waals surface area contributed by atoms with Gasteiger partial charge in [-0.05, 0) is 12.8 Å². The van der Waals surface area contributed by atoms with Crippen molar-refractivity contribution in [1.82, 2.24) is 10.6 Å². The lowest BCUT2D eigenvalue weighted by atomic mass is 10.2. The second-order valence-electron chi connectivity index (χ2n) is 3.06. The normalized spacial score (nSPS) is 25.4. The van der Waals surface area contributed by atoms with E-state index in [1.54, 1.807) is 0 Å². The average Bonchev–Trinajstić information content (AvgIpc) is 2.65. The van der Waals surface area contributed by atoms with E-state index in [2.05, 4.69) is 16.6 Å². The zero-order valence-corrected chi connectivity index (χ0v) is 8.30. The van der Waals surface area contributed by atoms with Gasteiger partial charge >= 0.3 is 0 Å². The molecule has 0 aliphatic carbocycles. The lowest BCUT2D eigenvalue weighted by molar-refractivity contribution is -0.130. The second-order valence-corrected chi connectivity index (χ2v) is 3.33. The highest BCUT2D eigenvalue weighted by Crippen LogP contribution is 2.11. The molecule has 1 fully saturated rings. The van der Waals surface area contributed by atoms with Crippen molar-refractivity contribution < 1.29 is 9.59 Å². The minimum Gasteiger partial charge on any atom is -0.294 e. The van der Waals surface area contributed by atoms with Gasteiger partial charge in [-0.2, -0.15) is 0 Å². The minimum absolute atomic E-state index is 0.0724. The number of halogens is 1. The van der Waals surface area contributed by atoms with Crippen LogP contribution in [0.15, 0.2) is 0 Å². The molecule has 1 aliphatic heterocycles. The van der Waals surface area contributed by atoms with Crippen molar-refractivity contribution in [3.63, 3.8) is 0 Å². The van der Waals surface area contributed by atoms with Gasteiger partial charge in [0.2, 0.25) is 11.8 Å². The first-order valence-electron chi connectivity index (χ1n) is 4.29. The first-order valence-corrected chi connectivity index (χ1v) is 4.82. The molecule has 0 aromatic heterocycles. The number of alkyl halides is 1. The topological polar surface area (TPSA) is 58.2 Å². The van der Waals surface area contributed by atoms with Crippen molar-refractivity contribution in [2.75, 3.05) is 5.88 Å². The fourth-order valence-corrected chi connectivity index (χ4v) is 1.41. The maximum Gasteiger partial charge on any atom is 0.243 e. The Morgan fingerprint density at radius 1 is 1.57 bits per heavy atom. The van der Waals surface area contributed by atoms with Crippen LogP contribution in [-0.2, 0) is 9.59 Å². The van der Waals surface area contributed by atoms with Gasteiger partial charge in [-0.15, -0.1) is 18.0 Å². The molecule has 4 nitrogen and oxygen atoms in total. The van der Waals surface area contributed by atoms with E-state index in [9.17, 15) is 9.59 Å². The van der Waals surface area contributed by atoms with Gasteiger partial charge in [-0.1, -0.05) is 5.92 Å². The summed E-state index contributed by atoms with van der Waals surface area (Å²) >= 11 is 5.24. The number of rotatable bonds is 2. The van der Waals surface area contributed by atoms with E-state index in [1.807, 2.05) is 0 Å². The fourth-order valence-electron chi connectivity index (χ4n) is 1.34. The van der Waals surface area contributed by atoms with Gasteiger partial charge in [0.05, 0.1) is 12.1 Å². The zero-order chi connectivity index (χ0) is 10.6. The molecule has 14 heavy (non-hydrogen) atoms. The fraction of sp³-hybridized carbons (Fsp3) is 0.556. The van der Waals surface area contributed by atoms with Crippen molar-refractivity contribution in [1.29, 1.82) is 0 Å². The van der Waals surface area contributed by atoms with Gasteiger partial charge < -0.3 is 0 Å². The lowest BCUT2D eigenvalue weighted by Crippen LogP contribution is -2.45. The van der Waals surface area contributed by atoms with Crippen LogP contribution in [0.3, 0.4) is 0 Å². The Kier molecular flexibility index (Phi) is 3.93. The molecular formula is C9H11ClN2O2. The first-order chi connectivity index (χ1) is 6.67. The van der Waals surface area contributed by atoms with Gasteiger partial charge in [0.1, 0.15) is 5.88 Å². The summed E-state index contributed by atoms with van der Waals surface area (Å²) in [6.45, 7) is 0. The Bertz CT molecular complexity index is 285. The van der Waals surface area contributed by atoms with Gasteiger partial charge in [0.25, 0.3) is 0 Å². The molecule has 0 spiro atoms. The molecule has 5 heteroatoms. The third-order valence-electron chi connectivity index (χ3n) is 2.05. The van der Waals surface area contributed by atoms with Crippen LogP contribution >= 0.6 is 11.6 Å². The number of carbonyl (C=O) groups excluding carboxylic acids is 2. The molecule has 0 aromatic carbocycles. The van der Waals surface area contributed by atoms with E-state index in [0.29, 0.717) is 6.42 Å². The van der Waals surface area contributed by atoms with E-state index in [0.717, 1.165) is 6.42 Å². The van der Waals surface area contributed by atoms with E-state index in [1.165, 1.54) is 0 Å². The molecule has 0 radical (unpaired) electrons. The molecular weight excluding hydrogens is 204 g/mol. The maximum atomic E-state index is 11.4. The van der Waals surface area contributed by atoms with Crippen LogP contribution in [0.4, 0.5) is 0 Å². The number of amides is 2. The van der Waals surface area contributed by atoms with Crippen molar-refractivity contribution in [3.8, 4) is 12.3 Å². The first kappa shape index (κ1) is 11.0. The van der Waals surface area contributed by atoms with Gasteiger partial charge in [0.15, 0.2) is 0 Å². The van der Waals surface area contributed by atoms with Crippen LogP contribution in [0.25, 0.3) is 0 Å². The van der Waals surface area contributed by atoms with Crippen LogP contribution in [-0.4, -0.2) is 29.8 Å². The van der Waals surface area contributed by atoms with E-state index < -0.39 is 5.91 Å². The van der Waals surface area contributed by atoms with Crippen molar-refractivity contribution in [3.05, 3.63) is 0 Å². The summed E-state index contributed by atoms with van der Waals surface area (Å²) in [5.74, 6) is 1.47. The highest BCUT2D eigenvalue weighted by molar-refractivity contribution is 6.28. The Morgan fingerprint density at radius 3 is 2.79 bits per heavy atom. The highest BCUT2D eigenvalue weighted by atomic mass is 35.5. The van der Waals surface area contributed by atoms with E-state index >= 15 is 0 Å². The van der Waals surface area contributed by atoms with Crippen LogP contribution in [0, 0.1) is 12.3 Å². The monoisotopic (exact) mass is 214 g/mol. The molecule has 1 rings (SSSR count). The van der Waals surface area contributed by atoms with E-state index in [4.69, 9.17) is 18.0 Å². The molecule has 0 aromatic rings. The Balaban J connectivity index is 2.40. The average molecular weight is 215 g/mol. The summed E-state index contributed by atoms with van der Waals surface area (Å²) in [6, 6.07) is -0.444. The van der Waals surface area contributed by atoms with Crippen LogP contribution < -0.4 is 10.6 Å². The number of imide groups is 1. The SMILES string of the molecule is C#C[C@H]1CC[C@@H](C(=O)NC(=O)CCl)N1. The molecule has 1 aliphatic rings. The Morgan fingerprint density at radius 2 is 2.29 bits per heavy atom. The Labute approximate surface area is 87.4 Å². The summed E-state index contributed by atoms with van der Waals surface area (Å²) in [7, 11) is 0. The smallest absolute Gasteiger partial charge is 0.243 e. The largest absolute Gasteiger partial charge is 0.294 e. The molecule has 2 N–H and O–H groups in total. The molecule has 2 atom stereocenters. The van der Waals surface area contributed by atoms with E-state index in [-0.39, 0.29) is 23.9 Å². The highest BCUT2D eigenvalue weighted by Gasteiger charge is 2.28. The molecule has 1 saturated heterocycles. The summed E-state index contributed by atoms with van der Waals surface area (Å²) < 4.78 is 0. The summed E-state index contributed by atoms with van der Waals surface area (Å²) in [5, 5.41) is 5.10. The summed E-state index contributed by atoms with van der Waals surface area (Å²) in [4.78, 5) is 22.2. The number of hydrogen-bond acceptors (Lipinski definition) is 3. The third kappa shape index (κ3) is 2.72. The van der Waals surface area contributed by atoms with Crippen molar-refractivity contribution in [2.24, 2.45) is 0 Å². The number of hydrogen-bond donors (Lipinski definition) is 2. The van der Waals surface area contributed by atoms with Crippen LogP contribution in [0.2, 0.25) is 0 Å².